The molecule has 0 bridgehead atoms. The molecule has 0 radical (unpaired) electrons. The van der Waals surface area contributed by atoms with Gasteiger partial charge < -0.3 is 10.1 Å². The van der Waals surface area contributed by atoms with Gasteiger partial charge in [0.15, 0.2) is 0 Å². The van der Waals surface area contributed by atoms with Crippen LogP contribution >= 0.6 is 0 Å². The molecule has 2 nitrogen and oxygen atoms in total. The Balaban J connectivity index is 2.54. The molecule has 1 rings (SSSR count). The lowest BCUT2D eigenvalue weighted by Crippen LogP contribution is -2.35. The Morgan fingerprint density at radius 2 is 1.94 bits per heavy atom. The Morgan fingerprint density at radius 3 is 2.53 bits per heavy atom. The molecular weight excluding hydrogens is 210 g/mol. The summed E-state index contributed by atoms with van der Waals surface area (Å²) in [7, 11) is 0. The fraction of sp³-hybridized carbons (Fsp3) is 0.600. The first-order valence-corrected chi connectivity index (χ1v) is 6.33. The van der Waals surface area contributed by atoms with Crippen molar-refractivity contribution in [1.82, 2.24) is 5.32 Å². The molecule has 0 saturated carbocycles. The van der Waals surface area contributed by atoms with E-state index in [-0.39, 0.29) is 5.54 Å². The lowest BCUT2D eigenvalue weighted by molar-refractivity contribution is 0.270. The number of rotatable bonds is 5. The minimum atomic E-state index is 0.148. The van der Waals surface area contributed by atoms with Gasteiger partial charge in [0.25, 0.3) is 0 Å². The van der Waals surface area contributed by atoms with E-state index in [2.05, 4.69) is 58.1 Å². The van der Waals surface area contributed by atoms with E-state index in [4.69, 9.17) is 4.74 Å². The predicted molar refractivity (Wildman–Crippen MR) is 73.4 cm³/mol. The Kier molecular flexibility index (Phi) is 5.01. The minimum Gasteiger partial charge on any atom is -0.493 e. The van der Waals surface area contributed by atoms with Gasteiger partial charge in [-0.2, -0.15) is 0 Å². The molecule has 0 amide bonds. The molecule has 0 aromatic heterocycles. The first-order valence-electron chi connectivity index (χ1n) is 6.33. The van der Waals surface area contributed by atoms with Gasteiger partial charge in [-0.3, -0.25) is 0 Å². The molecule has 0 unspecified atom stereocenters. The van der Waals surface area contributed by atoms with Gasteiger partial charge in [-0.1, -0.05) is 26.0 Å². The minimum absolute atomic E-state index is 0.148. The van der Waals surface area contributed by atoms with Crippen molar-refractivity contribution in [3.05, 3.63) is 29.8 Å². The smallest absolute Gasteiger partial charge is 0.119 e. The van der Waals surface area contributed by atoms with Gasteiger partial charge in [0, 0.05) is 12.1 Å². The second-order valence-electron chi connectivity index (χ2n) is 5.96. The summed E-state index contributed by atoms with van der Waals surface area (Å²) in [5.74, 6) is 1.53. The van der Waals surface area contributed by atoms with Crippen LogP contribution in [0, 0.1) is 5.92 Å². The summed E-state index contributed by atoms with van der Waals surface area (Å²) in [6, 6.07) is 8.31. The van der Waals surface area contributed by atoms with Crippen molar-refractivity contribution < 1.29 is 4.74 Å². The Labute approximate surface area is 105 Å². The van der Waals surface area contributed by atoms with Crippen LogP contribution in [0.2, 0.25) is 0 Å². The van der Waals surface area contributed by atoms with Gasteiger partial charge in [-0.25, -0.2) is 0 Å². The Morgan fingerprint density at radius 1 is 1.24 bits per heavy atom. The third-order valence-electron chi connectivity index (χ3n) is 2.30. The summed E-state index contributed by atoms with van der Waals surface area (Å²) < 4.78 is 5.71. The molecule has 0 spiro atoms. The van der Waals surface area contributed by atoms with Crippen LogP contribution in [0.25, 0.3) is 0 Å². The lowest BCUT2D eigenvalue weighted by atomic mass is 10.1. The van der Waals surface area contributed by atoms with E-state index in [0.717, 1.165) is 18.9 Å². The summed E-state index contributed by atoms with van der Waals surface area (Å²) in [5.41, 5.74) is 1.41. The zero-order valence-corrected chi connectivity index (χ0v) is 11.7. The Hall–Kier alpha value is -1.02. The highest BCUT2D eigenvalue weighted by Crippen LogP contribution is 2.15. The molecule has 0 fully saturated rings. The van der Waals surface area contributed by atoms with E-state index in [9.17, 15) is 0 Å². The maximum absolute atomic E-state index is 5.71. The highest BCUT2D eigenvalue weighted by molar-refractivity contribution is 5.28. The number of ether oxygens (including phenoxy) is 1. The maximum Gasteiger partial charge on any atom is 0.119 e. The molecule has 0 saturated heterocycles. The average molecular weight is 235 g/mol. The van der Waals surface area contributed by atoms with Gasteiger partial charge in [-0.15, -0.1) is 0 Å². The highest BCUT2D eigenvalue weighted by Gasteiger charge is 2.08. The summed E-state index contributed by atoms with van der Waals surface area (Å²) in [5, 5.41) is 3.47. The summed E-state index contributed by atoms with van der Waals surface area (Å²) in [4.78, 5) is 0. The third-order valence-corrected chi connectivity index (χ3v) is 2.30. The quantitative estimate of drug-likeness (QED) is 0.842. The van der Waals surface area contributed by atoms with Crippen LogP contribution in [-0.2, 0) is 6.54 Å². The summed E-state index contributed by atoms with van der Waals surface area (Å²) in [6.45, 7) is 12.5. The van der Waals surface area contributed by atoms with Crippen molar-refractivity contribution in [2.45, 2.75) is 46.7 Å². The number of benzene rings is 1. The van der Waals surface area contributed by atoms with Crippen LogP contribution in [0.5, 0.6) is 5.75 Å². The van der Waals surface area contributed by atoms with Crippen LogP contribution in [0.3, 0.4) is 0 Å². The fourth-order valence-corrected chi connectivity index (χ4v) is 1.38. The van der Waals surface area contributed by atoms with Gasteiger partial charge in [0.2, 0.25) is 0 Å². The molecule has 17 heavy (non-hydrogen) atoms. The maximum atomic E-state index is 5.71. The van der Waals surface area contributed by atoms with Gasteiger partial charge >= 0.3 is 0 Å². The number of nitrogens with one attached hydrogen (secondary N) is 1. The third kappa shape index (κ3) is 6.32. The van der Waals surface area contributed by atoms with Crippen molar-refractivity contribution >= 4 is 0 Å². The van der Waals surface area contributed by atoms with Crippen molar-refractivity contribution in [1.29, 1.82) is 0 Å². The molecule has 1 aromatic rings. The lowest BCUT2D eigenvalue weighted by Gasteiger charge is -2.20. The molecule has 0 heterocycles. The van der Waals surface area contributed by atoms with Crippen molar-refractivity contribution in [3.63, 3.8) is 0 Å². The van der Waals surface area contributed by atoms with Crippen molar-refractivity contribution in [3.8, 4) is 5.75 Å². The van der Waals surface area contributed by atoms with Crippen LogP contribution in [0.4, 0.5) is 0 Å². The van der Waals surface area contributed by atoms with E-state index in [1.54, 1.807) is 0 Å². The fourth-order valence-electron chi connectivity index (χ4n) is 1.38. The number of hydrogen-bond acceptors (Lipinski definition) is 2. The second-order valence-corrected chi connectivity index (χ2v) is 5.96. The standard InChI is InChI=1S/C15H25NO/c1-12(2)11-17-14-8-6-7-13(9-14)10-16-15(3,4)5/h6-9,12,16H,10-11H2,1-5H3. The highest BCUT2D eigenvalue weighted by atomic mass is 16.5. The Bertz CT molecular complexity index is 339. The van der Waals surface area contributed by atoms with Crippen molar-refractivity contribution in [2.75, 3.05) is 6.61 Å². The van der Waals surface area contributed by atoms with E-state index < -0.39 is 0 Å². The predicted octanol–water partition coefficient (Wildman–Crippen LogP) is 3.61. The zero-order valence-electron chi connectivity index (χ0n) is 11.7. The van der Waals surface area contributed by atoms with E-state index >= 15 is 0 Å². The largest absolute Gasteiger partial charge is 0.493 e. The summed E-state index contributed by atoms with van der Waals surface area (Å²) in [6.07, 6.45) is 0. The molecule has 0 atom stereocenters. The molecule has 0 aliphatic carbocycles. The van der Waals surface area contributed by atoms with Crippen LogP contribution in [0.15, 0.2) is 24.3 Å². The first-order chi connectivity index (χ1) is 7.87. The molecule has 0 aliphatic rings. The van der Waals surface area contributed by atoms with Crippen LogP contribution in [-0.4, -0.2) is 12.1 Å². The molecule has 96 valence electrons. The SMILES string of the molecule is CC(C)COc1cccc(CNC(C)(C)C)c1. The second kappa shape index (κ2) is 6.06. The van der Waals surface area contributed by atoms with E-state index in [1.165, 1.54) is 5.56 Å². The van der Waals surface area contributed by atoms with E-state index in [0.29, 0.717) is 5.92 Å². The summed E-state index contributed by atoms with van der Waals surface area (Å²) >= 11 is 0. The number of hydrogen-bond donors (Lipinski definition) is 1. The zero-order chi connectivity index (χ0) is 12.9. The monoisotopic (exact) mass is 235 g/mol. The topological polar surface area (TPSA) is 21.3 Å². The van der Waals surface area contributed by atoms with E-state index in [1.807, 2.05) is 6.07 Å². The normalized spacial score (nSPS) is 11.9. The van der Waals surface area contributed by atoms with Crippen molar-refractivity contribution in [2.24, 2.45) is 5.92 Å². The first kappa shape index (κ1) is 14.0. The van der Waals surface area contributed by atoms with Gasteiger partial charge in [0.1, 0.15) is 5.75 Å². The van der Waals surface area contributed by atoms with Gasteiger partial charge in [0.05, 0.1) is 6.61 Å². The van der Waals surface area contributed by atoms with Crippen LogP contribution in [0.1, 0.15) is 40.2 Å². The molecule has 0 aliphatic heterocycles. The molecule has 1 aromatic carbocycles. The molecule has 1 N–H and O–H groups in total. The average Bonchev–Trinajstić information content (AvgIpc) is 2.23. The molecular formula is C15H25NO. The molecule has 2 heteroatoms. The van der Waals surface area contributed by atoms with Crippen LogP contribution < -0.4 is 10.1 Å². The van der Waals surface area contributed by atoms with Gasteiger partial charge in [-0.05, 0) is 44.4 Å².